The number of allylic oxidation sites excluding steroid dienone is 1. The van der Waals surface area contributed by atoms with Gasteiger partial charge in [0.2, 0.25) is 0 Å². The van der Waals surface area contributed by atoms with Gasteiger partial charge in [-0.3, -0.25) is 0 Å². The van der Waals surface area contributed by atoms with Crippen LogP contribution in [0.4, 0.5) is 0 Å². The average molecular weight is 425 g/mol. The van der Waals surface area contributed by atoms with Crippen LogP contribution in [0, 0.1) is 0 Å². The number of benzene rings is 2. The van der Waals surface area contributed by atoms with Crippen LogP contribution in [-0.4, -0.2) is 14.7 Å². The standard InChI is InChI=1S/C26H33ClOSi/c1-7-16-28-25-22(26(4,5)6)17-20(27)18-24(25)29(8-2,9-3)23-15-11-13-19-12-10-14-21(19)23/h7,10-11,13-15,17-18H,1,8-9,12,16H2,2-6H3. The maximum atomic E-state index is 6.72. The summed E-state index contributed by atoms with van der Waals surface area (Å²) in [6.45, 7) is 15.7. The van der Waals surface area contributed by atoms with Gasteiger partial charge in [-0.15, -0.1) is 0 Å². The Balaban J connectivity index is 2.36. The fraction of sp³-hybridized carbons (Fsp3) is 0.385. The van der Waals surface area contributed by atoms with Crippen LogP contribution in [0.5, 0.6) is 5.75 Å². The molecular formula is C26H33ClOSi. The van der Waals surface area contributed by atoms with Gasteiger partial charge in [0.15, 0.2) is 0 Å². The number of halogens is 1. The van der Waals surface area contributed by atoms with E-state index < -0.39 is 8.07 Å². The molecule has 0 bridgehead atoms. The molecule has 0 spiro atoms. The Morgan fingerprint density at radius 3 is 2.48 bits per heavy atom. The van der Waals surface area contributed by atoms with Crippen molar-refractivity contribution < 1.29 is 4.74 Å². The number of fused-ring (bicyclic) bond motifs is 1. The summed E-state index contributed by atoms with van der Waals surface area (Å²) in [5.41, 5.74) is 3.99. The molecule has 1 aliphatic carbocycles. The summed E-state index contributed by atoms with van der Waals surface area (Å²) in [5.74, 6) is 1.02. The molecule has 2 aromatic carbocycles. The zero-order chi connectivity index (χ0) is 21.2. The highest BCUT2D eigenvalue weighted by atomic mass is 35.5. The van der Waals surface area contributed by atoms with E-state index in [0.717, 1.165) is 29.3 Å². The highest BCUT2D eigenvalue weighted by molar-refractivity contribution is 7.03. The first-order valence-electron chi connectivity index (χ1n) is 10.7. The van der Waals surface area contributed by atoms with E-state index >= 15 is 0 Å². The van der Waals surface area contributed by atoms with Crippen LogP contribution in [0.3, 0.4) is 0 Å². The smallest absolute Gasteiger partial charge is 0.123 e. The highest BCUT2D eigenvalue weighted by Gasteiger charge is 2.40. The van der Waals surface area contributed by atoms with Crippen molar-refractivity contribution in [1.29, 1.82) is 0 Å². The maximum absolute atomic E-state index is 6.72. The van der Waals surface area contributed by atoms with E-state index in [4.69, 9.17) is 16.3 Å². The van der Waals surface area contributed by atoms with Crippen LogP contribution in [0.2, 0.25) is 17.1 Å². The molecule has 1 nitrogen and oxygen atoms in total. The first-order valence-corrected chi connectivity index (χ1v) is 13.4. The predicted molar refractivity (Wildman–Crippen MR) is 131 cm³/mol. The lowest BCUT2D eigenvalue weighted by Crippen LogP contribution is -2.59. The van der Waals surface area contributed by atoms with E-state index in [2.05, 4.69) is 83.7 Å². The van der Waals surface area contributed by atoms with Crippen LogP contribution in [0.15, 0.2) is 49.1 Å². The summed E-state index contributed by atoms with van der Waals surface area (Å²) in [6.07, 6.45) is 7.46. The lowest BCUT2D eigenvalue weighted by Gasteiger charge is -2.36. The van der Waals surface area contributed by atoms with Gasteiger partial charge < -0.3 is 4.74 Å². The van der Waals surface area contributed by atoms with Crippen molar-refractivity contribution in [2.75, 3.05) is 6.61 Å². The molecule has 2 aromatic rings. The summed E-state index contributed by atoms with van der Waals surface area (Å²) in [6, 6.07) is 13.3. The van der Waals surface area contributed by atoms with Crippen molar-refractivity contribution in [3.8, 4) is 5.75 Å². The molecule has 0 N–H and O–H groups in total. The molecule has 0 radical (unpaired) electrons. The fourth-order valence-electron chi connectivity index (χ4n) is 4.67. The third kappa shape index (κ3) is 3.98. The summed E-state index contributed by atoms with van der Waals surface area (Å²) in [4.78, 5) is 0. The van der Waals surface area contributed by atoms with Crippen molar-refractivity contribution >= 4 is 36.1 Å². The van der Waals surface area contributed by atoms with E-state index in [1.807, 2.05) is 6.08 Å². The minimum Gasteiger partial charge on any atom is -0.489 e. The zero-order valence-electron chi connectivity index (χ0n) is 18.4. The summed E-state index contributed by atoms with van der Waals surface area (Å²) in [5, 5.41) is 3.65. The van der Waals surface area contributed by atoms with Crippen molar-refractivity contribution in [3.05, 3.63) is 70.8 Å². The molecule has 0 fully saturated rings. The number of hydrogen-bond donors (Lipinski definition) is 0. The third-order valence-corrected chi connectivity index (χ3v) is 11.8. The van der Waals surface area contributed by atoms with Crippen molar-refractivity contribution in [2.24, 2.45) is 0 Å². The van der Waals surface area contributed by atoms with E-state index in [1.54, 1.807) is 0 Å². The summed E-state index contributed by atoms with van der Waals surface area (Å²) < 4.78 is 6.39. The van der Waals surface area contributed by atoms with Gasteiger partial charge in [-0.25, -0.2) is 0 Å². The molecule has 0 aliphatic heterocycles. The topological polar surface area (TPSA) is 9.23 Å². The second-order valence-electron chi connectivity index (χ2n) is 8.95. The van der Waals surface area contributed by atoms with E-state index in [1.165, 1.54) is 27.1 Å². The Morgan fingerprint density at radius 1 is 1.14 bits per heavy atom. The Morgan fingerprint density at radius 2 is 1.86 bits per heavy atom. The molecule has 0 aromatic heterocycles. The largest absolute Gasteiger partial charge is 0.489 e. The van der Waals surface area contributed by atoms with Crippen LogP contribution in [0.1, 0.15) is 51.3 Å². The van der Waals surface area contributed by atoms with E-state index in [-0.39, 0.29) is 5.41 Å². The molecule has 0 saturated heterocycles. The lowest BCUT2D eigenvalue weighted by molar-refractivity contribution is 0.354. The molecule has 3 rings (SSSR count). The number of ether oxygens (including phenoxy) is 1. The van der Waals surface area contributed by atoms with E-state index in [0.29, 0.717) is 6.61 Å². The highest BCUT2D eigenvalue weighted by Crippen LogP contribution is 2.36. The Labute approximate surface area is 182 Å². The van der Waals surface area contributed by atoms with Crippen LogP contribution in [-0.2, 0) is 11.8 Å². The quantitative estimate of drug-likeness (QED) is 0.370. The third-order valence-electron chi connectivity index (χ3n) is 6.26. The molecule has 0 atom stereocenters. The molecule has 0 saturated carbocycles. The van der Waals surface area contributed by atoms with Gasteiger partial charge in [-0.2, -0.15) is 0 Å². The summed E-state index contributed by atoms with van der Waals surface area (Å²) >= 11 is 6.72. The van der Waals surface area contributed by atoms with Crippen molar-refractivity contribution in [1.82, 2.24) is 0 Å². The first-order chi connectivity index (χ1) is 13.8. The normalized spacial score (nSPS) is 13.4. The van der Waals surface area contributed by atoms with Gasteiger partial charge in [-0.1, -0.05) is 101 Å². The van der Waals surface area contributed by atoms with Crippen LogP contribution < -0.4 is 15.1 Å². The van der Waals surface area contributed by atoms with Gasteiger partial charge in [0.05, 0.1) is 0 Å². The van der Waals surface area contributed by atoms with Gasteiger partial charge in [0.1, 0.15) is 20.4 Å². The molecule has 154 valence electrons. The Bertz CT molecular complexity index is 932. The van der Waals surface area contributed by atoms with Crippen LogP contribution >= 0.6 is 11.6 Å². The molecular weight excluding hydrogens is 392 g/mol. The second kappa shape index (κ2) is 8.53. The second-order valence-corrected chi connectivity index (χ2v) is 14.0. The molecule has 0 amide bonds. The fourth-order valence-corrected chi connectivity index (χ4v) is 9.54. The minimum atomic E-state index is -2.08. The molecule has 29 heavy (non-hydrogen) atoms. The number of hydrogen-bond acceptors (Lipinski definition) is 1. The van der Waals surface area contributed by atoms with Crippen molar-refractivity contribution in [3.63, 3.8) is 0 Å². The zero-order valence-corrected chi connectivity index (χ0v) is 20.2. The van der Waals surface area contributed by atoms with Gasteiger partial charge in [-0.05, 0) is 45.5 Å². The summed E-state index contributed by atoms with van der Waals surface area (Å²) in [7, 11) is -2.08. The van der Waals surface area contributed by atoms with Crippen molar-refractivity contribution in [2.45, 2.75) is 58.5 Å². The molecule has 0 heterocycles. The molecule has 0 unspecified atom stereocenters. The Hall–Kier alpha value is -1.77. The minimum absolute atomic E-state index is 0.0592. The average Bonchev–Trinajstić information content (AvgIpc) is 3.17. The Kier molecular flexibility index (Phi) is 6.45. The molecule has 1 aliphatic rings. The SMILES string of the molecule is C=CCOc1c(C(C)(C)C)cc(Cl)cc1[Si](CC)(CC)c1cccc2c1C=CC2. The van der Waals surface area contributed by atoms with E-state index in [9.17, 15) is 0 Å². The first kappa shape index (κ1) is 21.9. The van der Waals surface area contributed by atoms with Gasteiger partial charge in [0.25, 0.3) is 0 Å². The van der Waals surface area contributed by atoms with Crippen LogP contribution in [0.25, 0.3) is 6.08 Å². The molecule has 3 heteroatoms. The monoisotopic (exact) mass is 424 g/mol. The lowest BCUT2D eigenvalue weighted by atomic mass is 9.86. The van der Waals surface area contributed by atoms with Gasteiger partial charge in [0, 0.05) is 10.6 Å². The maximum Gasteiger partial charge on any atom is 0.123 e. The predicted octanol–water partition coefficient (Wildman–Crippen LogP) is 6.37. The van der Waals surface area contributed by atoms with Gasteiger partial charge >= 0.3 is 0 Å². The number of rotatable bonds is 7.